The number of carbonyl (C=O) groups is 1. The van der Waals surface area contributed by atoms with E-state index in [2.05, 4.69) is 26.2 Å². The molecule has 0 radical (unpaired) electrons. The topological polar surface area (TPSA) is 45.2 Å². The first-order chi connectivity index (χ1) is 6.66. The van der Waals surface area contributed by atoms with Crippen LogP contribution < -0.4 is 5.32 Å². The van der Waals surface area contributed by atoms with Crippen molar-refractivity contribution in [2.24, 2.45) is 0 Å². The van der Waals surface area contributed by atoms with Crippen molar-refractivity contribution in [1.29, 1.82) is 0 Å². The van der Waals surface area contributed by atoms with Crippen molar-refractivity contribution < 1.29 is 4.79 Å². The molecule has 0 saturated carbocycles. The van der Waals surface area contributed by atoms with Gasteiger partial charge in [-0.2, -0.15) is 0 Å². The Hall–Kier alpha value is -0.620. The Balaban J connectivity index is 2.02. The van der Waals surface area contributed by atoms with Crippen molar-refractivity contribution in [3.8, 4) is 0 Å². The monoisotopic (exact) mass is 275 g/mol. The number of hydrogen-bond acceptors (Lipinski definition) is 4. The Morgan fingerprint density at radius 1 is 1.79 bits per heavy atom. The number of carbonyl (C=O) groups excluding carboxylic acids is 1. The molecule has 6 heteroatoms. The van der Waals surface area contributed by atoms with Gasteiger partial charge < -0.3 is 10.2 Å². The first kappa shape index (κ1) is 9.92. The summed E-state index contributed by atoms with van der Waals surface area (Å²) < 4.78 is 0.809. The summed E-state index contributed by atoms with van der Waals surface area (Å²) in [6.07, 6.45) is 0.854. The molecule has 1 saturated heterocycles. The van der Waals surface area contributed by atoms with Crippen LogP contribution in [0.2, 0.25) is 0 Å². The summed E-state index contributed by atoms with van der Waals surface area (Å²) in [7, 11) is 1.82. The van der Waals surface area contributed by atoms with Crippen molar-refractivity contribution in [2.75, 3.05) is 18.9 Å². The maximum atomic E-state index is 11.5. The number of thiazole rings is 1. The third kappa shape index (κ3) is 1.90. The van der Waals surface area contributed by atoms with Crippen molar-refractivity contribution >= 4 is 38.3 Å². The van der Waals surface area contributed by atoms with Crippen LogP contribution in [0, 0.1) is 0 Å². The fourth-order valence-corrected chi connectivity index (χ4v) is 2.62. The number of anilines is 1. The van der Waals surface area contributed by atoms with Gasteiger partial charge in [0.1, 0.15) is 10.6 Å². The van der Waals surface area contributed by atoms with E-state index in [0.717, 1.165) is 22.7 Å². The molecule has 1 fully saturated rings. The van der Waals surface area contributed by atoms with Gasteiger partial charge in [0, 0.05) is 19.0 Å². The quantitative estimate of drug-likeness (QED) is 0.891. The number of hydrogen-bond donors (Lipinski definition) is 1. The highest BCUT2D eigenvalue weighted by Gasteiger charge is 2.29. The molecule has 1 amide bonds. The van der Waals surface area contributed by atoms with Crippen LogP contribution in [-0.4, -0.2) is 35.4 Å². The van der Waals surface area contributed by atoms with Gasteiger partial charge in [-0.25, -0.2) is 4.98 Å². The minimum absolute atomic E-state index is 0.0990. The number of nitrogens with one attached hydrogen (secondary N) is 1. The van der Waals surface area contributed by atoms with Gasteiger partial charge in [0.25, 0.3) is 0 Å². The Labute approximate surface area is 94.4 Å². The zero-order valence-corrected chi connectivity index (χ0v) is 10.1. The second kappa shape index (κ2) is 3.86. The fourth-order valence-electron chi connectivity index (χ4n) is 1.43. The molecule has 1 atom stereocenters. The van der Waals surface area contributed by atoms with Gasteiger partial charge in [-0.1, -0.05) is 0 Å². The van der Waals surface area contributed by atoms with Crippen molar-refractivity contribution in [1.82, 2.24) is 9.88 Å². The fraction of sp³-hybridized carbons (Fsp3) is 0.500. The van der Waals surface area contributed by atoms with Gasteiger partial charge in [-0.15, -0.1) is 11.3 Å². The number of likely N-dealkylation sites (N-methyl/N-ethyl adjacent to an activating group) is 1. The minimum Gasteiger partial charge on any atom is -0.350 e. The minimum atomic E-state index is -0.0990. The normalized spacial score (nSPS) is 21.7. The van der Waals surface area contributed by atoms with Gasteiger partial charge in [0.15, 0.2) is 5.13 Å². The highest BCUT2D eigenvalue weighted by molar-refractivity contribution is 9.10. The molecule has 0 aliphatic carbocycles. The molecule has 0 spiro atoms. The Kier molecular flexibility index (Phi) is 2.73. The molecule has 1 aromatic rings. The number of rotatable bonds is 2. The van der Waals surface area contributed by atoms with Gasteiger partial charge >= 0.3 is 0 Å². The van der Waals surface area contributed by atoms with Gasteiger partial charge in [-0.05, 0) is 22.4 Å². The number of aromatic nitrogens is 1. The first-order valence-corrected chi connectivity index (χ1v) is 5.96. The molecule has 1 aliphatic heterocycles. The number of nitrogens with zero attached hydrogens (tertiary/aromatic N) is 2. The highest BCUT2D eigenvalue weighted by Crippen LogP contribution is 2.22. The maximum Gasteiger partial charge on any atom is 0.244 e. The molecule has 4 nitrogen and oxygen atoms in total. The zero-order valence-electron chi connectivity index (χ0n) is 7.66. The van der Waals surface area contributed by atoms with E-state index in [-0.39, 0.29) is 11.9 Å². The molecular weight excluding hydrogens is 266 g/mol. The molecule has 0 aromatic carbocycles. The lowest BCUT2D eigenvalue weighted by Crippen LogP contribution is -2.30. The molecule has 14 heavy (non-hydrogen) atoms. The SMILES string of the molecule is CN1CCC(Nc2nc(Br)cs2)C1=O. The summed E-state index contributed by atoms with van der Waals surface area (Å²) in [5.41, 5.74) is 0. The highest BCUT2D eigenvalue weighted by atomic mass is 79.9. The summed E-state index contributed by atoms with van der Waals surface area (Å²) in [5, 5.41) is 5.82. The largest absolute Gasteiger partial charge is 0.350 e. The summed E-state index contributed by atoms with van der Waals surface area (Å²) in [6, 6.07) is -0.0990. The van der Waals surface area contributed by atoms with Crippen LogP contribution in [0.1, 0.15) is 6.42 Å². The van der Waals surface area contributed by atoms with E-state index >= 15 is 0 Å². The first-order valence-electron chi connectivity index (χ1n) is 4.29. The summed E-state index contributed by atoms with van der Waals surface area (Å²) in [6.45, 7) is 0.822. The van der Waals surface area contributed by atoms with Crippen LogP contribution >= 0.6 is 27.3 Å². The maximum absolute atomic E-state index is 11.5. The van der Waals surface area contributed by atoms with E-state index in [1.165, 1.54) is 11.3 Å². The summed E-state index contributed by atoms with van der Waals surface area (Å²) in [4.78, 5) is 17.5. The van der Waals surface area contributed by atoms with Crippen LogP contribution in [0.15, 0.2) is 9.98 Å². The van der Waals surface area contributed by atoms with E-state index in [9.17, 15) is 4.79 Å². The Morgan fingerprint density at radius 3 is 3.07 bits per heavy atom. The van der Waals surface area contributed by atoms with Gasteiger partial charge in [0.05, 0.1) is 0 Å². The predicted molar refractivity (Wildman–Crippen MR) is 59.5 cm³/mol. The molecule has 2 heterocycles. The van der Waals surface area contributed by atoms with Crippen LogP contribution in [0.3, 0.4) is 0 Å². The predicted octanol–water partition coefficient (Wildman–Crippen LogP) is 1.55. The average molecular weight is 276 g/mol. The molecule has 1 aliphatic rings. The number of halogens is 1. The lowest BCUT2D eigenvalue weighted by molar-refractivity contribution is -0.127. The van der Waals surface area contributed by atoms with Crippen molar-refractivity contribution in [3.05, 3.63) is 9.98 Å². The van der Waals surface area contributed by atoms with Crippen LogP contribution in [0.5, 0.6) is 0 Å². The van der Waals surface area contributed by atoms with Crippen LogP contribution in [-0.2, 0) is 4.79 Å². The van der Waals surface area contributed by atoms with E-state index in [0.29, 0.717) is 0 Å². The molecular formula is C8H10BrN3OS. The second-order valence-corrected chi connectivity index (χ2v) is 4.89. The van der Waals surface area contributed by atoms with E-state index < -0.39 is 0 Å². The molecule has 0 bridgehead atoms. The number of amides is 1. The van der Waals surface area contributed by atoms with E-state index in [4.69, 9.17) is 0 Å². The second-order valence-electron chi connectivity index (χ2n) is 3.22. The zero-order chi connectivity index (χ0) is 10.1. The van der Waals surface area contributed by atoms with E-state index in [1.54, 1.807) is 4.90 Å². The third-order valence-electron chi connectivity index (χ3n) is 2.20. The van der Waals surface area contributed by atoms with Gasteiger partial charge in [0.2, 0.25) is 5.91 Å². The number of likely N-dealkylation sites (tertiary alicyclic amines) is 1. The van der Waals surface area contributed by atoms with Crippen molar-refractivity contribution in [2.45, 2.75) is 12.5 Å². The Bertz CT molecular complexity index is 354. The lowest BCUT2D eigenvalue weighted by Gasteiger charge is -2.10. The van der Waals surface area contributed by atoms with Gasteiger partial charge in [-0.3, -0.25) is 4.79 Å². The lowest BCUT2D eigenvalue weighted by atomic mass is 10.2. The summed E-state index contributed by atoms with van der Waals surface area (Å²) >= 11 is 4.77. The standard InChI is InChI=1S/C8H10BrN3OS/c1-12-3-2-5(7(12)13)10-8-11-6(9)4-14-8/h4-5H,2-3H2,1H3,(H,10,11). The van der Waals surface area contributed by atoms with Crippen molar-refractivity contribution in [3.63, 3.8) is 0 Å². The molecule has 1 N–H and O–H groups in total. The molecule has 76 valence electrons. The average Bonchev–Trinajstić information content (AvgIpc) is 2.67. The molecule has 1 unspecified atom stereocenters. The van der Waals surface area contributed by atoms with E-state index in [1.807, 2.05) is 12.4 Å². The molecule has 2 rings (SSSR count). The smallest absolute Gasteiger partial charge is 0.244 e. The third-order valence-corrected chi connectivity index (χ3v) is 3.68. The molecule has 1 aromatic heterocycles. The van der Waals surface area contributed by atoms with Crippen LogP contribution in [0.4, 0.5) is 5.13 Å². The summed E-state index contributed by atoms with van der Waals surface area (Å²) in [5.74, 6) is 0.149. The van der Waals surface area contributed by atoms with Crippen LogP contribution in [0.25, 0.3) is 0 Å². The Morgan fingerprint density at radius 2 is 2.57 bits per heavy atom.